The van der Waals surface area contributed by atoms with Crippen LogP contribution >= 0.6 is 34.2 Å². The number of aryl methyl sites for hydroxylation is 1. The minimum atomic E-state index is -0.0410. The highest BCUT2D eigenvalue weighted by molar-refractivity contribution is 14.1. The van der Waals surface area contributed by atoms with Crippen LogP contribution in [0.3, 0.4) is 0 Å². The zero-order valence-corrected chi connectivity index (χ0v) is 12.9. The standard InChI is InChI=1S/C14H14ClIN2/c1-9-4-2-3-5-11(9)14(18-17)10-6-7-13(16)12(15)8-10/h2-8,14,18H,17H2,1H3. The molecule has 0 aromatic heterocycles. The Morgan fingerprint density at radius 2 is 1.94 bits per heavy atom. The van der Waals surface area contributed by atoms with E-state index in [9.17, 15) is 0 Å². The first-order chi connectivity index (χ1) is 8.63. The Kier molecular flexibility index (Phi) is 4.61. The highest BCUT2D eigenvalue weighted by Gasteiger charge is 2.15. The molecule has 2 aromatic carbocycles. The second-order valence-electron chi connectivity index (χ2n) is 4.13. The number of nitrogens with one attached hydrogen (secondary N) is 1. The summed E-state index contributed by atoms with van der Waals surface area (Å²) in [4.78, 5) is 0. The fourth-order valence-electron chi connectivity index (χ4n) is 1.97. The maximum atomic E-state index is 6.17. The van der Waals surface area contributed by atoms with Crippen molar-refractivity contribution in [3.05, 3.63) is 67.7 Å². The van der Waals surface area contributed by atoms with Crippen LogP contribution in [0.4, 0.5) is 0 Å². The smallest absolute Gasteiger partial charge is 0.0713 e. The molecule has 3 N–H and O–H groups in total. The maximum Gasteiger partial charge on any atom is 0.0713 e. The number of hydrazine groups is 1. The van der Waals surface area contributed by atoms with Crippen molar-refractivity contribution >= 4 is 34.2 Å². The van der Waals surface area contributed by atoms with Crippen molar-refractivity contribution < 1.29 is 0 Å². The molecule has 2 rings (SSSR count). The van der Waals surface area contributed by atoms with Crippen LogP contribution in [0.1, 0.15) is 22.7 Å². The lowest BCUT2D eigenvalue weighted by molar-refractivity contribution is 0.633. The van der Waals surface area contributed by atoms with Crippen molar-refractivity contribution in [2.45, 2.75) is 13.0 Å². The molecular formula is C14H14ClIN2. The van der Waals surface area contributed by atoms with E-state index in [1.54, 1.807) is 0 Å². The summed E-state index contributed by atoms with van der Waals surface area (Å²) in [5.74, 6) is 5.70. The van der Waals surface area contributed by atoms with Crippen LogP contribution in [0.15, 0.2) is 42.5 Å². The molecule has 0 fully saturated rings. The molecule has 18 heavy (non-hydrogen) atoms. The normalized spacial score (nSPS) is 12.4. The average Bonchev–Trinajstić information content (AvgIpc) is 2.37. The number of halogens is 2. The predicted molar refractivity (Wildman–Crippen MR) is 84.5 cm³/mol. The van der Waals surface area contributed by atoms with Gasteiger partial charge in [0.05, 0.1) is 11.1 Å². The Labute approximate surface area is 126 Å². The van der Waals surface area contributed by atoms with Gasteiger partial charge in [0, 0.05) is 3.57 Å². The summed E-state index contributed by atoms with van der Waals surface area (Å²) in [7, 11) is 0. The number of nitrogens with two attached hydrogens (primary N) is 1. The van der Waals surface area contributed by atoms with Gasteiger partial charge in [0.1, 0.15) is 0 Å². The molecule has 2 nitrogen and oxygen atoms in total. The first-order valence-corrected chi connectivity index (χ1v) is 7.05. The lowest BCUT2D eigenvalue weighted by Gasteiger charge is -2.19. The minimum Gasteiger partial charge on any atom is -0.271 e. The molecule has 0 aliphatic rings. The highest BCUT2D eigenvalue weighted by atomic mass is 127. The van der Waals surface area contributed by atoms with Crippen molar-refractivity contribution in [2.24, 2.45) is 5.84 Å². The van der Waals surface area contributed by atoms with Crippen molar-refractivity contribution in [2.75, 3.05) is 0 Å². The predicted octanol–water partition coefficient (Wildman–Crippen LogP) is 3.81. The zero-order valence-electron chi connectivity index (χ0n) is 9.95. The summed E-state index contributed by atoms with van der Waals surface area (Å²) in [6, 6.07) is 14.2. The SMILES string of the molecule is Cc1ccccc1C(NN)c1ccc(I)c(Cl)c1. The number of hydrogen-bond donors (Lipinski definition) is 2. The molecule has 4 heteroatoms. The summed E-state index contributed by atoms with van der Waals surface area (Å²) < 4.78 is 1.04. The summed E-state index contributed by atoms with van der Waals surface area (Å²) >= 11 is 8.38. The van der Waals surface area contributed by atoms with Crippen molar-refractivity contribution in [3.63, 3.8) is 0 Å². The van der Waals surface area contributed by atoms with Crippen LogP contribution in [0.5, 0.6) is 0 Å². The fraction of sp³-hybridized carbons (Fsp3) is 0.143. The molecule has 0 aliphatic carbocycles. The van der Waals surface area contributed by atoms with Crippen LogP contribution in [-0.2, 0) is 0 Å². The fourth-order valence-corrected chi connectivity index (χ4v) is 2.49. The first kappa shape index (κ1) is 13.8. The highest BCUT2D eigenvalue weighted by Crippen LogP contribution is 2.28. The van der Waals surface area contributed by atoms with E-state index in [1.165, 1.54) is 5.56 Å². The Hall–Kier alpha value is -0.620. The molecular weight excluding hydrogens is 359 g/mol. The molecule has 0 bridgehead atoms. The van der Waals surface area contributed by atoms with Gasteiger partial charge in [-0.05, 0) is 58.3 Å². The molecule has 0 saturated heterocycles. The molecule has 0 saturated carbocycles. The van der Waals surface area contributed by atoms with E-state index in [1.807, 2.05) is 30.3 Å². The van der Waals surface area contributed by atoms with E-state index in [-0.39, 0.29) is 6.04 Å². The van der Waals surface area contributed by atoms with E-state index >= 15 is 0 Å². The van der Waals surface area contributed by atoms with Crippen LogP contribution < -0.4 is 11.3 Å². The van der Waals surface area contributed by atoms with Crippen molar-refractivity contribution in [1.82, 2.24) is 5.43 Å². The second kappa shape index (κ2) is 6.02. The summed E-state index contributed by atoms with van der Waals surface area (Å²) in [6.45, 7) is 2.08. The van der Waals surface area contributed by atoms with Gasteiger partial charge in [0.15, 0.2) is 0 Å². The third-order valence-corrected chi connectivity index (χ3v) is 4.52. The van der Waals surface area contributed by atoms with Gasteiger partial charge < -0.3 is 0 Å². The zero-order chi connectivity index (χ0) is 13.1. The number of hydrogen-bond acceptors (Lipinski definition) is 2. The lowest BCUT2D eigenvalue weighted by Crippen LogP contribution is -2.29. The van der Waals surface area contributed by atoms with Gasteiger partial charge in [0.2, 0.25) is 0 Å². The second-order valence-corrected chi connectivity index (χ2v) is 5.70. The largest absolute Gasteiger partial charge is 0.271 e. The van der Waals surface area contributed by atoms with Gasteiger partial charge in [-0.15, -0.1) is 0 Å². The van der Waals surface area contributed by atoms with E-state index in [0.29, 0.717) is 0 Å². The summed E-state index contributed by atoms with van der Waals surface area (Å²) in [5, 5.41) is 0.752. The summed E-state index contributed by atoms with van der Waals surface area (Å²) in [5.41, 5.74) is 6.30. The first-order valence-electron chi connectivity index (χ1n) is 5.60. The van der Waals surface area contributed by atoms with Gasteiger partial charge in [-0.3, -0.25) is 5.84 Å². The number of rotatable bonds is 3. The molecule has 94 valence electrons. The quantitative estimate of drug-likeness (QED) is 0.488. The Morgan fingerprint density at radius 1 is 1.22 bits per heavy atom. The third kappa shape index (κ3) is 2.85. The van der Waals surface area contributed by atoms with Crippen molar-refractivity contribution in [3.8, 4) is 0 Å². The van der Waals surface area contributed by atoms with Crippen LogP contribution in [-0.4, -0.2) is 0 Å². The topological polar surface area (TPSA) is 38.0 Å². The van der Waals surface area contributed by atoms with Crippen LogP contribution in [0.2, 0.25) is 5.02 Å². The molecule has 0 amide bonds. The van der Waals surface area contributed by atoms with E-state index in [0.717, 1.165) is 19.7 Å². The van der Waals surface area contributed by atoms with Crippen molar-refractivity contribution in [1.29, 1.82) is 0 Å². The molecule has 0 heterocycles. The van der Waals surface area contributed by atoms with Gasteiger partial charge in [0.25, 0.3) is 0 Å². The molecule has 1 unspecified atom stereocenters. The van der Waals surface area contributed by atoms with Crippen LogP contribution in [0, 0.1) is 10.5 Å². The molecule has 1 atom stereocenters. The number of benzene rings is 2. The Morgan fingerprint density at radius 3 is 2.56 bits per heavy atom. The summed E-state index contributed by atoms with van der Waals surface area (Å²) in [6.07, 6.45) is 0. The molecule has 2 aromatic rings. The third-order valence-electron chi connectivity index (χ3n) is 2.94. The monoisotopic (exact) mass is 372 g/mol. The Balaban J connectivity index is 2.45. The van der Waals surface area contributed by atoms with E-state index in [4.69, 9.17) is 17.4 Å². The van der Waals surface area contributed by atoms with Gasteiger partial charge in [-0.2, -0.15) is 0 Å². The molecule has 0 spiro atoms. The minimum absolute atomic E-state index is 0.0410. The maximum absolute atomic E-state index is 6.17. The van der Waals surface area contributed by atoms with Gasteiger partial charge in [-0.1, -0.05) is 41.9 Å². The van der Waals surface area contributed by atoms with Gasteiger partial charge in [-0.25, -0.2) is 5.43 Å². The van der Waals surface area contributed by atoms with Gasteiger partial charge >= 0.3 is 0 Å². The lowest BCUT2D eigenvalue weighted by atomic mass is 9.96. The molecule has 0 radical (unpaired) electrons. The van der Waals surface area contributed by atoms with E-state index in [2.05, 4.69) is 47.1 Å². The Bertz CT molecular complexity index is 557. The van der Waals surface area contributed by atoms with E-state index < -0.39 is 0 Å². The average molecular weight is 373 g/mol. The van der Waals surface area contributed by atoms with Crippen LogP contribution in [0.25, 0.3) is 0 Å². The molecule has 0 aliphatic heterocycles.